The number of anilines is 2. The van der Waals surface area contributed by atoms with Gasteiger partial charge in [-0.2, -0.15) is 5.26 Å². The van der Waals surface area contributed by atoms with E-state index in [0.29, 0.717) is 36.3 Å². The zero-order chi connectivity index (χ0) is 22.6. The average Bonchev–Trinajstić information content (AvgIpc) is 2.83. The Bertz CT molecular complexity index is 1260. The fourth-order valence-electron chi connectivity index (χ4n) is 3.92. The SMILES string of the molecule is N#Cc1ccc(CCC(=O)N2CCCc3cccc(NS(=O)(=O)c4ccccc4)c32)cc1. The number of amides is 1. The van der Waals surface area contributed by atoms with Crippen molar-refractivity contribution in [1.82, 2.24) is 0 Å². The number of nitrogens with zero attached hydrogens (tertiary/aromatic N) is 2. The lowest BCUT2D eigenvalue weighted by molar-refractivity contribution is -0.118. The van der Waals surface area contributed by atoms with Crippen LogP contribution in [-0.4, -0.2) is 20.9 Å². The molecule has 0 radical (unpaired) electrons. The van der Waals surface area contributed by atoms with E-state index in [9.17, 15) is 13.2 Å². The van der Waals surface area contributed by atoms with Crippen molar-refractivity contribution in [2.24, 2.45) is 0 Å². The minimum atomic E-state index is -3.77. The van der Waals surface area contributed by atoms with Gasteiger partial charge >= 0.3 is 0 Å². The van der Waals surface area contributed by atoms with Crippen LogP contribution in [0.4, 0.5) is 11.4 Å². The highest BCUT2D eigenvalue weighted by Crippen LogP contribution is 2.36. The topological polar surface area (TPSA) is 90.3 Å². The van der Waals surface area contributed by atoms with Crippen LogP contribution in [0.3, 0.4) is 0 Å². The lowest BCUT2D eigenvalue weighted by Gasteiger charge is -2.32. The van der Waals surface area contributed by atoms with Crippen LogP contribution < -0.4 is 9.62 Å². The van der Waals surface area contributed by atoms with Gasteiger partial charge in [0.2, 0.25) is 5.91 Å². The van der Waals surface area contributed by atoms with Gasteiger partial charge in [-0.1, -0.05) is 42.5 Å². The van der Waals surface area contributed by atoms with Crippen LogP contribution in [-0.2, 0) is 27.7 Å². The first-order chi connectivity index (χ1) is 15.5. The molecule has 0 fully saturated rings. The summed E-state index contributed by atoms with van der Waals surface area (Å²) in [5, 5.41) is 8.93. The molecule has 32 heavy (non-hydrogen) atoms. The van der Waals surface area contributed by atoms with Gasteiger partial charge in [-0.05, 0) is 60.7 Å². The number of hydrogen-bond donors (Lipinski definition) is 1. The van der Waals surface area contributed by atoms with Gasteiger partial charge in [-0.3, -0.25) is 9.52 Å². The van der Waals surface area contributed by atoms with E-state index in [0.717, 1.165) is 24.0 Å². The third-order valence-corrected chi connectivity index (χ3v) is 6.91. The van der Waals surface area contributed by atoms with Crippen molar-refractivity contribution in [3.63, 3.8) is 0 Å². The second kappa shape index (κ2) is 9.25. The average molecular weight is 446 g/mol. The molecular weight excluding hydrogens is 422 g/mol. The molecule has 0 bridgehead atoms. The number of hydrogen-bond acceptors (Lipinski definition) is 4. The number of sulfonamides is 1. The van der Waals surface area contributed by atoms with Crippen LogP contribution in [0.25, 0.3) is 0 Å². The van der Waals surface area contributed by atoms with Crippen molar-refractivity contribution < 1.29 is 13.2 Å². The Balaban J connectivity index is 1.57. The Hall–Kier alpha value is -3.63. The monoisotopic (exact) mass is 445 g/mol. The van der Waals surface area contributed by atoms with Crippen LogP contribution in [0.2, 0.25) is 0 Å². The fourth-order valence-corrected chi connectivity index (χ4v) is 5.01. The van der Waals surface area contributed by atoms with E-state index in [1.54, 1.807) is 41.3 Å². The first-order valence-electron chi connectivity index (χ1n) is 10.5. The van der Waals surface area contributed by atoms with E-state index in [1.807, 2.05) is 24.3 Å². The number of nitrogens with one attached hydrogen (secondary N) is 1. The van der Waals surface area contributed by atoms with Gasteiger partial charge in [-0.25, -0.2) is 8.42 Å². The molecule has 162 valence electrons. The normalized spacial score (nSPS) is 13.2. The molecule has 1 N–H and O–H groups in total. The van der Waals surface area contributed by atoms with Crippen molar-refractivity contribution >= 4 is 27.3 Å². The Morgan fingerprint density at radius 2 is 1.75 bits per heavy atom. The molecule has 0 saturated carbocycles. The molecule has 0 aliphatic carbocycles. The van der Waals surface area contributed by atoms with Crippen molar-refractivity contribution in [2.75, 3.05) is 16.2 Å². The van der Waals surface area contributed by atoms with E-state index in [1.165, 1.54) is 12.1 Å². The third-order valence-electron chi connectivity index (χ3n) is 5.53. The summed E-state index contributed by atoms with van der Waals surface area (Å²) in [4.78, 5) is 15.0. The minimum absolute atomic E-state index is 0.0540. The van der Waals surface area contributed by atoms with Crippen molar-refractivity contribution in [1.29, 1.82) is 5.26 Å². The van der Waals surface area contributed by atoms with Crippen LogP contribution in [0.15, 0.2) is 77.7 Å². The molecular formula is C25H23N3O3S. The summed E-state index contributed by atoms with van der Waals surface area (Å²) in [6.45, 7) is 0.545. The van der Waals surface area contributed by atoms with Crippen LogP contribution in [0.1, 0.15) is 29.5 Å². The Morgan fingerprint density at radius 3 is 2.47 bits per heavy atom. The second-order valence-corrected chi connectivity index (χ2v) is 9.37. The summed E-state index contributed by atoms with van der Waals surface area (Å²) in [5.74, 6) is -0.0540. The molecule has 0 spiro atoms. The van der Waals surface area contributed by atoms with Gasteiger partial charge in [0.1, 0.15) is 0 Å². The van der Waals surface area contributed by atoms with Crippen molar-refractivity contribution in [3.8, 4) is 6.07 Å². The van der Waals surface area contributed by atoms with Gasteiger partial charge in [-0.15, -0.1) is 0 Å². The molecule has 0 unspecified atom stereocenters. The first-order valence-corrected chi connectivity index (χ1v) is 12.0. The number of carbonyl (C=O) groups is 1. The highest BCUT2D eigenvalue weighted by Gasteiger charge is 2.27. The third kappa shape index (κ3) is 4.66. The summed E-state index contributed by atoms with van der Waals surface area (Å²) >= 11 is 0. The maximum absolute atomic E-state index is 13.1. The summed E-state index contributed by atoms with van der Waals surface area (Å²) in [7, 11) is -3.77. The van der Waals surface area contributed by atoms with Gasteiger partial charge in [0.25, 0.3) is 10.0 Å². The number of fused-ring (bicyclic) bond motifs is 1. The second-order valence-electron chi connectivity index (χ2n) is 7.69. The van der Waals surface area contributed by atoms with E-state index in [-0.39, 0.29) is 10.8 Å². The van der Waals surface area contributed by atoms with Crippen LogP contribution >= 0.6 is 0 Å². The first kappa shape index (κ1) is 21.6. The number of rotatable bonds is 6. The quantitative estimate of drug-likeness (QED) is 0.613. The molecule has 3 aromatic rings. The highest BCUT2D eigenvalue weighted by atomic mass is 32.2. The summed E-state index contributed by atoms with van der Waals surface area (Å²) < 4.78 is 28.5. The standard InChI is InChI=1S/C25H23N3O3S/c26-18-20-13-11-19(12-14-20)15-16-24(29)28-17-5-7-21-6-4-10-23(25(21)28)27-32(30,31)22-8-2-1-3-9-22/h1-4,6,8-14,27H,5,7,15-17H2. The minimum Gasteiger partial charge on any atom is -0.310 e. The number of aryl methyl sites for hydroxylation is 2. The van der Waals surface area contributed by atoms with E-state index in [4.69, 9.17) is 5.26 Å². The maximum atomic E-state index is 13.1. The van der Waals surface area contributed by atoms with Gasteiger partial charge in [0.15, 0.2) is 0 Å². The van der Waals surface area contributed by atoms with Gasteiger partial charge in [0.05, 0.1) is 27.9 Å². The molecule has 6 nitrogen and oxygen atoms in total. The van der Waals surface area contributed by atoms with Crippen LogP contribution in [0, 0.1) is 11.3 Å². The number of carbonyl (C=O) groups excluding carboxylic acids is 1. The summed E-state index contributed by atoms with van der Waals surface area (Å²) in [5.41, 5.74) is 3.57. The van der Waals surface area contributed by atoms with E-state index >= 15 is 0 Å². The molecule has 1 aliphatic rings. The molecule has 7 heteroatoms. The predicted octanol–water partition coefficient (Wildman–Crippen LogP) is 4.27. The smallest absolute Gasteiger partial charge is 0.261 e. The zero-order valence-electron chi connectivity index (χ0n) is 17.5. The molecule has 1 amide bonds. The number of benzene rings is 3. The predicted molar refractivity (Wildman–Crippen MR) is 124 cm³/mol. The van der Waals surface area contributed by atoms with Gasteiger partial charge < -0.3 is 4.90 Å². The van der Waals surface area contributed by atoms with Crippen LogP contribution in [0.5, 0.6) is 0 Å². The Morgan fingerprint density at radius 1 is 1.00 bits per heavy atom. The molecule has 1 aliphatic heterocycles. The lowest BCUT2D eigenvalue weighted by atomic mass is 9.99. The molecule has 0 aromatic heterocycles. The van der Waals surface area contributed by atoms with Gasteiger partial charge in [0, 0.05) is 13.0 Å². The molecule has 0 atom stereocenters. The summed E-state index contributed by atoms with van der Waals surface area (Å²) in [6.07, 6.45) is 2.46. The highest BCUT2D eigenvalue weighted by molar-refractivity contribution is 7.92. The zero-order valence-corrected chi connectivity index (χ0v) is 18.3. The Kier molecular flexibility index (Phi) is 6.24. The molecule has 3 aromatic carbocycles. The number of nitriles is 1. The maximum Gasteiger partial charge on any atom is 0.261 e. The fraction of sp³-hybridized carbons (Fsp3) is 0.200. The lowest BCUT2D eigenvalue weighted by Crippen LogP contribution is -2.36. The van der Waals surface area contributed by atoms with Crippen molar-refractivity contribution in [2.45, 2.75) is 30.6 Å². The molecule has 1 heterocycles. The Labute approximate surface area is 188 Å². The number of para-hydroxylation sites is 1. The van der Waals surface area contributed by atoms with E-state index in [2.05, 4.69) is 10.8 Å². The van der Waals surface area contributed by atoms with Crippen molar-refractivity contribution in [3.05, 3.63) is 89.5 Å². The van der Waals surface area contributed by atoms with E-state index < -0.39 is 10.0 Å². The largest absolute Gasteiger partial charge is 0.310 e. The molecule has 4 rings (SSSR count). The molecule has 0 saturated heterocycles. The summed E-state index contributed by atoms with van der Waals surface area (Å²) in [6, 6.07) is 22.9.